The molecular weight excluding hydrogens is 342 g/mol. The zero-order chi connectivity index (χ0) is 18.8. The molecule has 0 radical (unpaired) electrons. The van der Waals surface area contributed by atoms with Gasteiger partial charge >= 0.3 is 6.09 Å². The molecule has 27 heavy (non-hydrogen) atoms. The van der Waals surface area contributed by atoms with Crippen LogP contribution in [0.15, 0.2) is 72.8 Å². The second kappa shape index (κ2) is 7.13. The third kappa shape index (κ3) is 3.64. The third-order valence-electron chi connectivity index (χ3n) is 4.67. The Morgan fingerprint density at radius 3 is 2.37 bits per heavy atom. The van der Waals surface area contributed by atoms with Gasteiger partial charge in [0, 0.05) is 6.42 Å². The van der Waals surface area contributed by atoms with E-state index in [0.717, 1.165) is 27.8 Å². The van der Waals surface area contributed by atoms with E-state index in [4.69, 9.17) is 4.74 Å². The van der Waals surface area contributed by atoms with Gasteiger partial charge in [0.25, 0.3) is 0 Å². The molecule has 1 heterocycles. The van der Waals surface area contributed by atoms with Gasteiger partial charge in [-0.2, -0.15) is 0 Å². The number of carbonyl (C=O) groups excluding carboxylic acids is 1. The van der Waals surface area contributed by atoms with E-state index in [9.17, 15) is 15.0 Å². The van der Waals surface area contributed by atoms with Crippen molar-refractivity contribution < 1.29 is 19.7 Å². The van der Waals surface area contributed by atoms with Crippen molar-refractivity contribution in [1.82, 2.24) is 5.32 Å². The highest BCUT2D eigenvalue weighted by molar-refractivity contribution is 5.75. The Hall–Kier alpha value is -3.31. The first kappa shape index (κ1) is 17.1. The van der Waals surface area contributed by atoms with Gasteiger partial charge in [-0.15, -0.1) is 0 Å². The van der Waals surface area contributed by atoms with E-state index in [1.54, 1.807) is 18.2 Å². The van der Waals surface area contributed by atoms with Crippen molar-refractivity contribution in [2.75, 3.05) is 0 Å². The molecule has 5 heteroatoms. The number of aromatic hydroxyl groups is 1. The van der Waals surface area contributed by atoms with Gasteiger partial charge in [-0.1, -0.05) is 60.7 Å². The number of cyclic esters (lactones) is 1. The van der Waals surface area contributed by atoms with E-state index in [1.165, 1.54) is 0 Å². The topological polar surface area (TPSA) is 78.8 Å². The number of nitrogens with one attached hydrogen (secondary N) is 1. The number of aliphatic hydroxyl groups excluding tert-OH is 1. The fourth-order valence-corrected chi connectivity index (χ4v) is 3.35. The van der Waals surface area contributed by atoms with Gasteiger partial charge in [0.15, 0.2) is 12.3 Å². The summed E-state index contributed by atoms with van der Waals surface area (Å²) in [5.41, 5.74) is 4.80. The standard InChI is InChI=1S/C22H19NO4/c24-18-8-4-7-16(12-18)19-10-9-15(14-5-2-1-3-6-14)11-17(19)13-20-21(25)23-22(26)27-20/h1-12,20-21,24-25H,13H2,(H,23,26). The monoisotopic (exact) mass is 361 g/mol. The van der Waals surface area contributed by atoms with Crippen molar-refractivity contribution in [3.63, 3.8) is 0 Å². The Kier molecular flexibility index (Phi) is 4.52. The predicted molar refractivity (Wildman–Crippen MR) is 102 cm³/mol. The van der Waals surface area contributed by atoms with Crippen LogP contribution in [0.1, 0.15) is 5.56 Å². The molecule has 0 bridgehead atoms. The number of amides is 1. The second-order valence-corrected chi connectivity index (χ2v) is 6.53. The second-order valence-electron chi connectivity index (χ2n) is 6.53. The number of aliphatic hydroxyl groups is 1. The molecule has 5 nitrogen and oxygen atoms in total. The lowest BCUT2D eigenvalue weighted by Gasteiger charge is -2.17. The Morgan fingerprint density at radius 1 is 0.889 bits per heavy atom. The van der Waals surface area contributed by atoms with Crippen molar-refractivity contribution in [2.24, 2.45) is 0 Å². The number of hydrogen-bond donors (Lipinski definition) is 3. The zero-order valence-corrected chi connectivity index (χ0v) is 14.5. The van der Waals surface area contributed by atoms with E-state index < -0.39 is 18.4 Å². The molecule has 2 atom stereocenters. The summed E-state index contributed by atoms with van der Waals surface area (Å²) in [5, 5.41) is 22.2. The van der Waals surface area contributed by atoms with Crippen LogP contribution in [0.3, 0.4) is 0 Å². The van der Waals surface area contributed by atoms with E-state index in [2.05, 4.69) is 5.32 Å². The molecule has 1 aliphatic heterocycles. The van der Waals surface area contributed by atoms with E-state index >= 15 is 0 Å². The number of phenols is 1. The fraction of sp³-hybridized carbons (Fsp3) is 0.136. The quantitative estimate of drug-likeness (QED) is 0.662. The van der Waals surface area contributed by atoms with Crippen molar-refractivity contribution in [3.8, 4) is 28.0 Å². The maximum Gasteiger partial charge on any atom is 0.409 e. The molecule has 2 unspecified atom stereocenters. The van der Waals surface area contributed by atoms with Crippen LogP contribution in [-0.4, -0.2) is 28.6 Å². The highest BCUT2D eigenvalue weighted by atomic mass is 16.6. The van der Waals surface area contributed by atoms with Crippen LogP contribution in [0.4, 0.5) is 4.79 Å². The van der Waals surface area contributed by atoms with Gasteiger partial charge in [0.2, 0.25) is 0 Å². The Bertz CT molecular complexity index is 971. The number of phenolic OH excluding ortho intramolecular Hbond substituents is 1. The molecule has 3 aromatic carbocycles. The van der Waals surface area contributed by atoms with Crippen molar-refractivity contribution >= 4 is 6.09 Å². The van der Waals surface area contributed by atoms with Gasteiger partial charge in [0.05, 0.1) is 0 Å². The molecule has 1 saturated heterocycles. The summed E-state index contributed by atoms with van der Waals surface area (Å²) in [6.45, 7) is 0. The number of carbonyl (C=O) groups is 1. The van der Waals surface area contributed by atoms with Crippen molar-refractivity contribution in [1.29, 1.82) is 0 Å². The highest BCUT2D eigenvalue weighted by Gasteiger charge is 2.33. The first-order chi connectivity index (χ1) is 13.1. The molecular formula is C22H19NO4. The van der Waals surface area contributed by atoms with Crippen molar-refractivity contribution in [3.05, 3.63) is 78.4 Å². The lowest BCUT2D eigenvalue weighted by atomic mass is 9.91. The molecule has 3 aromatic rings. The summed E-state index contributed by atoms with van der Waals surface area (Å²) < 4.78 is 5.19. The molecule has 136 valence electrons. The summed E-state index contributed by atoms with van der Waals surface area (Å²) >= 11 is 0. The lowest BCUT2D eigenvalue weighted by Crippen LogP contribution is -2.32. The minimum Gasteiger partial charge on any atom is -0.508 e. The molecule has 0 spiro atoms. The van der Waals surface area contributed by atoms with E-state index in [1.807, 2.05) is 54.6 Å². The number of ether oxygens (including phenoxy) is 1. The highest BCUT2D eigenvalue weighted by Crippen LogP contribution is 2.32. The minimum atomic E-state index is -1.05. The van der Waals surface area contributed by atoms with Crippen LogP contribution in [0.2, 0.25) is 0 Å². The molecule has 1 aliphatic rings. The van der Waals surface area contributed by atoms with Gasteiger partial charge in [-0.25, -0.2) is 4.79 Å². The number of rotatable bonds is 4. The number of hydrogen-bond acceptors (Lipinski definition) is 4. The smallest absolute Gasteiger partial charge is 0.409 e. The number of alkyl carbamates (subject to hydrolysis) is 1. The van der Waals surface area contributed by atoms with Gasteiger partial charge in [0.1, 0.15) is 5.75 Å². The van der Waals surface area contributed by atoms with Gasteiger partial charge in [-0.3, -0.25) is 5.32 Å². The molecule has 0 saturated carbocycles. The molecule has 3 N–H and O–H groups in total. The van der Waals surface area contributed by atoms with Crippen molar-refractivity contribution in [2.45, 2.75) is 18.8 Å². The Balaban J connectivity index is 1.77. The molecule has 0 aliphatic carbocycles. The summed E-state index contributed by atoms with van der Waals surface area (Å²) in [7, 11) is 0. The fourth-order valence-electron chi connectivity index (χ4n) is 3.35. The summed E-state index contributed by atoms with van der Waals surface area (Å²) in [4.78, 5) is 11.4. The lowest BCUT2D eigenvalue weighted by molar-refractivity contribution is 0.0572. The SMILES string of the molecule is O=C1NC(O)C(Cc2cc(-c3ccccc3)ccc2-c2cccc(O)c2)O1. The Morgan fingerprint density at radius 2 is 1.67 bits per heavy atom. The molecule has 0 aromatic heterocycles. The predicted octanol–water partition coefficient (Wildman–Crippen LogP) is 3.70. The first-order valence-corrected chi connectivity index (χ1v) is 8.73. The number of benzene rings is 3. The zero-order valence-electron chi connectivity index (χ0n) is 14.5. The summed E-state index contributed by atoms with van der Waals surface area (Å²) in [5.74, 6) is 0.180. The molecule has 1 amide bonds. The van der Waals surface area contributed by atoms with Crippen LogP contribution in [0.5, 0.6) is 5.75 Å². The maximum atomic E-state index is 11.4. The van der Waals surface area contributed by atoms with Crippen LogP contribution < -0.4 is 5.32 Å². The third-order valence-corrected chi connectivity index (χ3v) is 4.67. The largest absolute Gasteiger partial charge is 0.508 e. The average molecular weight is 361 g/mol. The molecule has 1 fully saturated rings. The van der Waals surface area contributed by atoms with E-state index in [0.29, 0.717) is 6.42 Å². The van der Waals surface area contributed by atoms with Crippen LogP contribution in [-0.2, 0) is 11.2 Å². The average Bonchev–Trinajstić information content (AvgIpc) is 2.99. The van der Waals surface area contributed by atoms with Crippen LogP contribution in [0.25, 0.3) is 22.3 Å². The van der Waals surface area contributed by atoms with Gasteiger partial charge in [-0.05, 0) is 39.9 Å². The summed E-state index contributed by atoms with van der Waals surface area (Å²) in [6.07, 6.45) is -1.98. The molecule has 4 rings (SSSR count). The maximum absolute atomic E-state index is 11.4. The summed E-state index contributed by atoms with van der Waals surface area (Å²) in [6, 6.07) is 23.0. The van der Waals surface area contributed by atoms with Gasteiger partial charge < -0.3 is 14.9 Å². The Labute approximate surface area is 156 Å². The van der Waals surface area contributed by atoms with Crippen LogP contribution >= 0.6 is 0 Å². The normalized spacial score (nSPS) is 18.8. The first-order valence-electron chi connectivity index (χ1n) is 8.73. The van der Waals surface area contributed by atoms with E-state index in [-0.39, 0.29) is 5.75 Å². The van der Waals surface area contributed by atoms with Crippen LogP contribution in [0, 0.1) is 0 Å². The minimum absolute atomic E-state index is 0.180.